The second-order valence-corrected chi connectivity index (χ2v) is 5.40. The molecule has 0 heterocycles. The van der Waals surface area contributed by atoms with Crippen molar-refractivity contribution >= 4 is 15.9 Å². The largest absolute Gasteiger partial charge is 0.390 e. The first-order valence-corrected chi connectivity index (χ1v) is 6.56. The number of aliphatic hydroxyl groups is 1. The van der Waals surface area contributed by atoms with Crippen molar-refractivity contribution in [2.75, 3.05) is 7.11 Å². The van der Waals surface area contributed by atoms with Crippen LogP contribution in [0.4, 0.5) is 4.39 Å². The van der Waals surface area contributed by atoms with E-state index in [0.29, 0.717) is 12.3 Å². The average Bonchev–Trinajstić information content (AvgIpc) is 3.09. The van der Waals surface area contributed by atoms with Crippen molar-refractivity contribution in [3.8, 4) is 0 Å². The van der Waals surface area contributed by atoms with Gasteiger partial charge in [0, 0.05) is 18.0 Å². The maximum Gasteiger partial charge on any atom is 0.123 e. The molecule has 0 bridgehead atoms. The lowest BCUT2D eigenvalue weighted by Crippen LogP contribution is -2.32. The Labute approximate surface area is 109 Å². The molecule has 17 heavy (non-hydrogen) atoms. The summed E-state index contributed by atoms with van der Waals surface area (Å²) in [4.78, 5) is 0. The third-order valence-corrected chi connectivity index (χ3v) is 3.95. The molecule has 2 unspecified atom stereocenters. The van der Waals surface area contributed by atoms with Crippen LogP contribution >= 0.6 is 15.9 Å². The van der Waals surface area contributed by atoms with Crippen LogP contribution in [-0.4, -0.2) is 24.4 Å². The molecule has 0 spiro atoms. The molecule has 2 nitrogen and oxygen atoms in total. The van der Waals surface area contributed by atoms with Gasteiger partial charge in [-0.25, -0.2) is 4.39 Å². The Morgan fingerprint density at radius 3 is 2.82 bits per heavy atom. The Hall–Kier alpha value is -0.450. The Balaban J connectivity index is 2.05. The van der Waals surface area contributed by atoms with Crippen molar-refractivity contribution in [2.24, 2.45) is 5.92 Å². The van der Waals surface area contributed by atoms with Crippen LogP contribution in [0.1, 0.15) is 18.4 Å². The van der Waals surface area contributed by atoms with Gasteiger partial charge in [0.1, 0.15) is 5.82 Å². The molecule has 1 aromatic rings. The average molecular weight is 303 g/mol. The zero-order chi connectivity index (χ0) is 12.4. The zero-order valence-electron chi connectivity index (χ0n) is 9.70. The number of hydrogen-bond acceptors (Lipinski definition) is 2. The summed E-state index contributed by atoms with van der Waals surface area (Å²) >= 11 is 3.36. The molecule has 1 N–H and O–H groups in total. The Bertz CT molecular complexity index is 393. The summed E-state index contributed by atoms with van der Waals surface area (Å²) in [6, 6.07) is 4.51. The topological polar surface area (TPSA) is 29.5 Å². The maximum absolute atomic E-state index is 13.1. The van der Waals surface area contributed by atoms with Crippen LogP contribution in [0.25, 0.3) is 0 Å². The molecule has 2 rings (SSSR count). The van der Waals surface area contributed by atoms with E-state index >= 15 is 0 Å². The molecule has 0 amide bonds. The minimum absolute atomic E-state index is 0.134. The highest BCUT2D eigenvalue weighted by molar-refractivity contribution is 9.10. The first-order chi connectivity index (χ1) is 8.11. The van der Waals surface area contributed by atoms with Crippen molar-refractivity contribution in [1.82, 2.24) is 0 Å². The molecular formula is C13H16BrFO2. The van der Waals surface area contributed by atoms with Crippen LogP contribution in [-0.2, 0) is 11.2 Å². The molecule has 2 atom stereocenters. The standard InChI is InChI=1S/C13H16BrFO2/c1-17-13(8-2-3-8)12(16)7-9-6-10(15)4-5-11(9)14/h4-6,8,12-13,16H,2-3,7H2,1H3. The van der Waals surface area contributed by atoms with Gasteiger partial charge in [0.05, 0.1) is 12.2 Å². The van der Waals surface area contributed by atoms with Crippen molar-refractivity contribution in [2.45, 2.75) is 31.5 Å². The van der Waals surface area contributed by atoms with Crippen LogP contribution < -0.4 is 0 Å². The number of aliphatic hydroxyl groups excluding tert-OH is 1. The van der Waals surface area contributed by atoms with Gasteiger partial charge >= 0.3 is 0 Å². The molecule has 1 aromatic carbocycles. The summed E-state index contributed by atoms with van der Waals surface area (Å²) in [6.07, 6.45) is 1.92. The van der Waals surface area contributed by atoms with Gasteiger partial charge in [0.2, 0.25) is 0 Å². The van der Waals surface area contributed by atoms with Gasteiger partial charge in [0.15, 0.2) is 0 Å². The van der Waals surface area contributed by atoms with Crippen molar-refractivity contribution in [1.29, 1.82) is 0 Å². The SMILES string of the molecule is COC(C(O)Cc1cc(F)ccc1Br)C1CC1. The van der Waals surface area contributed by atoms with Gasteiger partial charge in [-0.2, -0.15) is 0 Å². The number of methoxy groups -OCH3 is 1. The van der Waals surface area contributed by atoms with Gasteiger partial charge in [-0.15, -0.1) is 0 Å². The molecule has 0 radical (unpaired) electrons. The first kappa shape index (κ1) is 13.0. The third-order valence-electron chi connectivity index (χ3n) is 3.17. The molecule has 1 aliphatic carbocycles. The summed E-state index contributed by atoms with van der Waals surface area (Å²) in [5, 5.41) is 10.1. The Morgan fingerprint density at radius 2 is 2.24 bits per heavy atom. The van der Waals surface area contributed by atoms with Crippen LogP contribution in [0.2, 0.25) is 0 Å². The predicted octanol–water partition coefficient (Wildman–Crippen LogP) is 2.92. The van der Waals surface area contributed by atoms with E-state index < -0.39 is 6.10 Å². The number of halogens is 2. The Morgan fingerprint density at radius 1 is 1.53 bits per heavy atom. The lowest BCUT2D eigenvalue weighted by Gasteiger charge is -2.21. The Kier molecular flexibility index (Phi) is 4.17. The van der Waals surface area contributed by atoms with Crippen LogP contribution in [0, 0.1) is 11.7 Å². The summed E-state index contributed by atoms with van der Waals surface area (Å²) in [6.45, 7) is 0. The van der Waals surface area contributed by atoms with E-state index in [1.807, 2.05) is 0 Å². The fraction of sp³-hybridized carbons (Fsp3) is 0.538. The fourth-order valence-corrected chi connectivity index (χ4v) is 2.54. The number of ether oxygens (including phenoxy) is 1. The van der Waals surface area contributed by atoms with E-state index in [0.717, 1.165) is 22.9 Å². The lowest BCUT2D eigenvalue weighted by molar-refractivity contribution is -0.0238. The second-order valence-electron chi connectivity index (χ2n) is 4.54. The first-order valence-electron chi connectivity index (χ1n) is 5.76. The van der Waals surface area contributed by atoms with E-state index in [2.05, 4.69) is 15.9 Å². The minimum Gasteiger partial charge on any atom is -0.390 e. The van der Waals surface area contributed by atoms with Gasteiger partial charge < -0.3 is 9.84 Å². The fourth-order valence-electron chi connectivity index (χ4n) is 2.13. The zero-order valence-corrected chi connectivity index (χ0v) is 11.3. The highest BCUT2D eigenvalue weighted by Gasteiger charge is 2.36. The third kappa shape index (κ3) is 3.27. The van der Waals surface area contributed by atoms with Crippen LogP contribution in [0.15, 0.2) is 22.7 Å². The number of benzene rings is 1. The van der Waals surface area contributed by atoms with Gasteiger partial charge in [-0.3, -0.25) is 0 Å². The summed E-state index contributed by atoms with van der Waals surface area (Å²) in [5.74, 6) is 0.179. The molecule has 4 heteroatoms. The van der Waals surface area contributed by atoms with E-state index in [9.17, 15) is 9.50 Å². The van der Waals surface area contributed by atoms with Gasteiger partial charge in [0.25, 0.3) is 0 Å². The van der Waals surface area contributed by atoms with E-state index in [-0.39, 0.29) is 11.9 Å². The highest BCUT2D eigenvalue weighted by atomic mass is 79.9. The molecule has 1 aliphatic rings. The number of hydrogen-bond donors (Lipinski definition) is 1. The quantitative estimate of drug-likeness (QED) is 0.906. The van der Waals surface area contributed by atoms with E-state index in [1.165, 1.54) is 12.1 Å². The molecule has 0 aliphatic heterocycles. The van der Waals surface area contributed by atoms with E-state index in [1.54, 1.807) is 13.2 Å². The normalized spacial score (nSPS) is 19.1. The van der Waals surface area contributed by atoms with Crippen molar-refractivity contribution < 1.29 is 14.2 Å². The maximum atomic E-state index is 13.1. The molecule has 0 saturated heterocycles. The minimum atomic E-state index is -0.578. The summed E-state index contributed by atoms with van der Waals surface area (Å²) in [7, 11) is 1.62. The van der Waals surface area contributed by atoms with Crippen LogP contribution in [0.3, 0.4) is 0 Å². The summed E-state index contributed by atoms with van der Waals surface area (Å²) < 4.78 is 19.3. The van der Waals surface area contributed by atoms with Crippen LogP contribution in [0.5, 0.6) is 0 Å². The van der Waals surface area contributed by atoms with Crippen molar-refractivity contribution in [3.63, 3.8) is 0 Å². The summed E-state index contributed by atoms with van der Waals surface area (Å²) in [5.41, 5.74) is 0.778. The van der Waals surface area contributed by atoms with Gasteiger partial charge in [-0.05, 0) is 42.5 Å². The number of rotatable bonds is 5. The second kappa shape index (κ2) is 5.46. The predicted molar refractivity (Wildman–Crippen MR) is 67.3 cm³/mol. The molecule has 1 fully saturated rings. The van der Waals surface area contributed by atoms with Crippen molar-refractivity contribution in [3.05, 3.63) is 34.1 Å². The van der Waals surface area contributed by atoms with E-state index in [4.69, 9.17) is 4.74 Å². The smallest absolute Gasteiger partial charge is 0.123 e. The highest BCUT2D eigenvalue weighted by Crippen LogP contribution is 2.36. The lowest BCUT2D eigenvalue weighted by atomic mass is 10.0. The molecule has 94 valence electrons. The molecule has 0 aromatic heterocycles. The monoisotopic (exact) mass is 302 g/mol. The van der Waals surface area contributed by atoms with Gasteiger partial charge in [-0.1, -0.05) is 15.9 Å². The molecular weight excluding hydrogens is 287 g/mol. The molecule has 1 saturated carbocycles.